The number of hydrogen-bond acceptors (Lipinski definition) is 3. The molecule has 2 heterocycles. The quantitative estimate of drug-likeness (QED) is 0.779. The number of piperidine rings is 1. The first-order chi connectivity index (χ1) is 8.80. The molecule has 0 aliphatic carbocycles. The molecule has 0 N–H and O–H groups in total. The molecule has 2 aliphatic rings. The Morgan fingerprint density at radius 1 is 1.11 bits per heavy atom. The summed E-state index contributed by atoms with van der Waals surface area (Å²) in [5, 5.41) is 0. The average Bonchev–Trinajstić information content (AvgIpc) is 2.25. The van der Waals surface area contributed by atoms with Gasteiger partial charge in [0.05, 0.1) is 12.2 Å². The van der Waals surface area contributed by atoms with Gasteiger partial charge < -0.3 is 9.64 Å². The van der Waals surface area contributed by atoms with Crippen molar-refractivity contribution in [1.29, 1.82) is 0 Å². The van der Waals surface area contributed by atoms with Crippen LogP contribution in [0.1, 0.15) is 47.5 Å². The molecule has 19 heavy (non-hydrogen) atoms. The second kappa shape index (κ2) is 5.71. The molecule has 112 valence electrons. The second-order valence-corrected chi connectivity index (χ2v) is 7.80. The van der Waals surface area contributed by atoms with Gasteiger partial charge in [-0.2, -0.15) is 0 Å². The molecule has 1 spiro atoms. The van der Waals surface area contributed by atoms with Gasteiger partial charge in [0.2, 0.25) is 0 Å². The van der Waals surface area contributed by atoms with E-state index in [1.807, 2.05) is 0 Å². The molecule has 0 atom stereocenters. The molecular formula is C16H32N2O. The van der Waals surface area contributed by atoms with E-state index in [9.17, 15) is 0 Å². The van der Waals surface area contributed by atoms with Crippen LogP contribution < -0.4 is 0 Å². The van der Waals surface area contributed by atoms with Gasteiger partial charge in [0.1, 0.15) is 0 Å². The molecule has 0 aromatic carbocycles. The summed E-state index contributed by atoms with van der Waals surface area (Å²) in [4.78, 5) is 5.19. The molecule has 0 amide bonds. The van der Waals surface area contributed by atoms with Gasteiger partial charge in [0, 0.05) is 25.7 Å². The van der Waals surface area contributed by atoms with Crippen molar-refractivity contribution >= 4 is 0 Å². The Balaban J connectivity index is 1.64. The Kier molecular flexibility index (Phi) is 4.59. The van der Waals surface area contributed by atoms with Crippen LogP contribution in [0.15, 0.2) is 0 Å². The Morgan fingerprint density at radius 2 is 1.68 bits per heavy atom. The van der Waals surface area contributed by atoms with Crippen molar-refractivity contribution in [2.24, 2.45) is 5.41 Å². The molecule has 2 rings (SSSR count). The van der Waals surface area contributed by atoms with E-state index in [1.165, 1.54) is 39.0 Å². The Bertz CT molecular complexity index is 280. The first-order valence-corrected chi connectivity index (χ1v) is 7.90. The third-order valence-electron chi connectivity index (χ3n) is 4.67. The van der Waals surface area contributed by atoms with Crippen LogP contribution in [0.5, 0.6) is 0 Å². The fourth-order valence-corrected chi connectivity index (χ4v) is 3.23. The zero-order valence-electron chi connectivity index (χ0n) is 13.5. The smallest absolute Gasteiger partial charge is 0.0600 e. The lowest BCUT2D eigenvalue weighted by atomic mass is 9.71. The van der Waals surface area contributed by atoms with Gasteiger partial charge in [-0.1, -0.05) is 0 Å². The highest BCUT2D eigenvalue weighted by Crippen LogP contribution is 2.41. The van der Waals surface area contributed by atoms with Crippen molar-refractivity contribution in [3.63, 3.8) is 0 Å². The molecule has 3 heteroatoms. The maximum Gasteiger partial charge on any atom is 0.0600 e. The van der Waals surface area contributed by atoms with Crippen molar-refractivity contribution in [1.82, 2.24) is 9.80 Å². The van der Waals surface area contributed by atoms with E-state index in [1.54, 1.807) is 0 Å². The van der Waals surface area contributed by atoms with Gasteiger partial charge in [-0.05, 0) is 66.0 Å². The fourth-order valence-electron chi connectivity index (χ4n) is 3.23. The van der Waals surface area contributed by atoms with Crippen LogP contribution in [0.3, 0.4) is 0 Å². The van der Waals surface area contributed by atoms with E-state index < -0.39 is 0 Å². The Morgan fingerprint density at radius 3 is 2.16 bits per heavy atom. The van der Waals surface area contributed by atoms with E-state index in [4.69, 9.17) is 4.74 Å². The highest BCUT2D eigenvalue weighted by atomic mass is 16.5. The molecule has 0 aromatic heterocycles. The monoisotopic (exact) mass is 268 g/mol. The summed E-state index contributed by atoms with van der Waals surface area (Å²) in [5.41, 5.74) is 0.661. The van der Waals surface area contributed by atoms with Crippen LogP contribution in [0.2, 0.25) is 0 Å². The van der Waals surface area contributed by atoms with E-state index in [0.717, 1.165) is 19.2 Å². The highest BCUT2D eigenvalue weighted by Gasteiger charge is 2.45. The molecule has 2 aliphatic heterocycles. The zero-order chi connectivity index (χ0) is 14.1. The SMILES string of the molecule is CC(C)N1CC2(CCN(CCOC(C)(C)C)CC2)C1. The highest BCUT2D eigenvalue weighted by molar-refractivity contribution is 4.99. The summed E-state index contributed by atoms with van der Waals surface area (Å²) >= 11 is 0. The molecule has 2 fully saturated rings. The average molecular weight is 268 g/mol. The van der Waals surface area contributed by atoms with Gasteiger partial charge >= 0.3 is 0 Å². The minimum atomic E-state index is 0.00273. The predicted octanol–water partition coefficient (Wildman–Crippen LogP) is 2.61. The van der Waals surface area contributed by atoms with Crippen LogP contribution in [-0.4, -0.2) is 60.8 Å². The second-order valence-electron chi connectivity index (χ2n) is 7.80. The molecule has 0 aromatic rings. The van der Waals surface area contributed by atoms with Gasteiger partial charge in [-0.25, -0.2) is 0 Å². The minimum absolute atomic E-state index is 0.00273. The predicted molar refractivity (Wildman–Crippen MR) is 80.5 cm³/mol. The van der Waals surface area contributed by atoms with Crippen LogP contribution in [0.4, 0.5) is 0 Å². The molecule has 0 radical (unpaired) electrons. The number of rotatable bonds is 4. The first kappa shape index (κ1) is 15.3. The lowest BCUT2D eigenvalue weighted by molar-refractivity contribution is -0.0702. The lowest BCUT2D eigenvalue weighted by Gasteiger charge is -2.55. The number of likely N-dealkylation sites (tertiary alicyclic amines) is 2. The summed E-state index contributed by atoms with van der Waals surface area (Å²) in [6.45, 7) is 18.2. The van der Waals surface area contributed by atoms with Crippen molar-refractivity contribution in [2.75, 3.05) is 39.3 Å². The largest absolute Gasteiger partial charge is 0.375 e. The maximum absolute atomic E-state index is 5.82. The topological polar surface area (TPSA) is 15.7 Å². The van der Waals surface area contributed by atoms with E-state index in [2.05, 4.69) is 44.4 Å². The third-order valence-corrected chi connectivity index (χ3v) is 4.67. The minimum Gasteiger partial charge on any atom is -0.375 e. The summed E-state index contributed by atoms with van der Waals surface area (Å²) in [6, 6.07) is 0.726. The number of ether oxygens (including phenoxy) is 1. The number of nitrogens with zero attached hydrogens (tertiary/aromatic N) is 2. The van der Waals surface area contributed by atoms with Gasteiger partial charge in [-0.15, -0.1) is 0 Å². The molecule has 0 saturated carbocycles. The summed E-state index contributed by atoms with van der Waals surface area (Å²) in [6.07, 6.45) is 2.76. The van der Waals surface area contributed by atoms with Crippen LogP contribution in [0, 0.1) is 5.41 Å². The van der Waals surface area contributed by atoms with Crippen LogP contribution in [0.25, 0.3) is 0 Å². The van der Waals surface area contributed by atoms with E-state index in [0.29, 0.717) is 5.41 Å². The summed E-state index contributed by atoms with van der Waals surface area (Å²) < 4.78 is 5.82. The van der Waals surface area contributed by atoms with Gasteiger partial charge in [0.15, 0.2) is 0 Å². The standard InChI is InChI=1S/C16H32N2O/c1-14(2)18-12-16(13-18)6-8-17(9-7-16)10-11-19-15(3,4)5/h14H,6-13H2,1-5H3. The molecule has 3 nitrogen and oxygen atoms in total. The van der Waals surface area contributed by atoms with E-state index >= 15 is 0 Å². The summed E-state index contributed by atoms with van der Waals surface area (Å²) in [7, 11) is 0. The first-order valence-electron chi connectivity index (χ1n) is 7.90. The molecular weight excluding hydrogens is 236 g/mol. The number of hydrogen-bond donors (Lipinski definition) is 0. The summed E-state index contributed by atoms with van der Waals surface area (Å²) in [5.74, 6) is 0. The molecule has 2 saturated heterocycles. The van der Waals surface area contributed by atoms with Gasteiger partial charge in [-0.3, -0.25) is 4.90 Å². The van der Waals surface area contributed by atoms with Gasteiger partial charge in [0.25, 0.3) is 0 Å². The normalized spacial score (nSPS) is 24.9. The lowest BCUT2D eigenvalue weighted by Crippen LogP contribution is -2.62. The van der Waals surface area contributed by atoms with Crippen LogP contribution in [-0.2, 0) is 4.74 Å². The molecule has 0 unspecified atom stereocenters. The molecule has 0 bridgehead atoms. The van der Waals surface area contributed by atoms with Crippen molar-refractivity contribution < 1.29 is 4.74 Å². The van der Waals surface area contributed by atoms with Crippen molar-refractivity contribution in [3.05, 3.63) is 0 Å². The van der Waals surface area contributed by atoms with Crippen molar-refractivity contribution in [2.45, 2.75) is 59.1 Å². The Labute approximate surface area is 119 Å². The third kappa shape index (κ3) is 4.17. The zero-order valence-corrected chi connectivity index (χ0v) is 13.5. The maximum atomic E-state index is 5.82. The Hall–Kier alpha value is -0.120. The van der Waals surface area contributed by atoms with E-state index in [-0.39, 0.29) is 5.60 Å². The van der Waals surface area contributed by atoms with Crippen LogP contribution >= 0.6 is 0 Å². The fraction of sp³-hybridized carbons (Fsp3) is 1.00. The van der Waals surface area contributed by atoms with Crippen molar-refractivity contribution in [3.8, 4) is 0 Å².